The summed E-state index contributed by atoms with van der Waals surface area (Å²) in [6.45, 7) is 2.18. The Morgan fingerprint density at radius 3 is 3.00 bits per heavy atom. The van der Waals surface area contributed by atoms with Crippen LogP contribution in [0.5, 0.6) is 0 Å². The molecule has 0 aromatic carbocycles. The molecule has 1 N–H and O–H groups in total. The Hall–Kier alpha value is -2.17. The second kappa shape index (κ2) is 8.32. The highest BCUT2D eigenvalue weighted by molar-refractivity contribution is 6.02. The summed E-state index contributed by atoms with van der Waals surface area (Å²) < 4.78 is 1.36. The van der Waals surface area contributed by atoms with Gasteiger partial charge in [0.15, 0.2) is 0 Å². The molecule has 0 fully saturated rings. The molecule has 1 aromatic heterocycles. The summed E-state index contributed by atoms with van der Waals surface area (Å²) in [5, 5.41) is 4.24. The number of hydrazone groups is 1. The lowest BCUT2D eigenvalue weighted by molar-refractivity contribution is -0.121. The molecule has 5 nitrogen and oxygen atoms in total. The number of allylic oxidation sites excluding steroid dienone is 2. The molecule has 22 heavy (non-hydrogen) atoms. The van der Waals surface area contributed by atoms with Crippen molar-refractivity contribution in [1.29, 1.82) is 0 Å². The minimum Gasteiger partial charge on any atom is -0.306 e. The standard InChI is InChI=1S/C17H23N3O2/c1-2-3-4-8-14-9-7-10-15(14)18-19-16(21)13-20-12-6-5-11-17(20)22/h5-6,9,11-12H,2-4,7-8,10,13H2,1H3,(H,19,21)/b18-15-. The number of unbranched alkanes of at least 4 members (excludes halogenated alkanes) is 2. The van der Waals surface area contributed by atoms with E-state index in [2.05, 4.69) is 23.5 Å². The van der Waals surface area contributed by atoms with E-state index in [1.165, 1.54) is 29.0 Å². The summed E-state index contributed by atoms with van der Waals surface area (Å²) in [5.41, 5.74) is 4.61. The third kappa shape index (κ3) is 4.69. The maximum absolute atomic E-state index is 11.9. The molecule has 1 aliphatic rings. The van der Waals surface area contributed by atoms with Crippen molar-refractivity contribution in [3.8, 4) is 0 Å². The molecule has 1 heterocycles. The summed E-state index contributed by atoms with van der Waals surface area (Å²) in [7, 11) is 0. The van der Waals surface area contributed by atoms with Gasteiger partial charge in [-0.1, -0.05) is 31.9 Å². The number of nitrogens with zero attached hydrogens (tertiary/aromatic N) is 2. The highest BCUT2D eigenvalue weighted by Crippen LogP contribution is 2.20. The van der Waals surface area contributed by atoms with E-state index in [0.717, 1.165) is 31.4 Å². The Bertz CT molecular complexity index is 629. The maximum atomic E-state index is 11.9. The molecule has 0 unspecified atom stereocenters. The average molecular weight is 301 g/mol. The number of amides is 1. The van der Waals surface area contributed by atoms with E-state index >= 15 is 0 Å². The zero-order chi connectivity index (χ0) is 15.8. The fourth-order valence-electron chi connectivity index (χ4n) is 2.51. The molecule has 0 radical (unpaired) electrons. The molecule has 0 atom stereocenters. The van der Waals surface area contributed by atoms with Gasteiger partial charge in [0.25, 0.3) is 11.5 Å². The van der Waals surface area contributed by atoms with Gasteiger partial charge in [-0.2, -0.15) is 5.10 Å². The molecule has 0 bridgehead atoms. The van der Waals surface area contributed by atoms with Crippen LogP contribution in [-0.2, 0) is 11.3 Å². The maximum Gasteiger partial charge on any atom is 0.260 e. The molecular formula is C17H23N3O2. The van der Waals surface area contributed by atoms with Crippen LogP contribution in [0.3, 0.4) is 0 Å². The summed E-state index contributed by atoms with van der Waals surface area (Å²) >= 11 is 0. The molecular weight excluding hydrogens is 278 g/mol. The topological polar surface area (TPSA) is 63.5 Å². The largest absolute Gasteiger partial charge is 0.306 e. The summed E-state index contributed by atoms with van der Waals surface area (Å²) in [4.78, 5) is 23.4. The number of carbonyl (C=O) groups is 1. The molecule has 1 amide bonds. The first-order chi connectivity index (χ1) is 10.7. The van der Waals surface area contributed by atoms with Gasteiger partial charge in [0, 0.05) is 12.3 Å². The first-order valence-corrected chi connectivity index (χ1v) is 7.91. The zero-order valence-corrected chi connectivity index (χ0v) is 13.0. The van der Waals surface area contributed by atoms with E-state index in [4.69, 9.17) is 0 Å². The van der Waals surface area contributed by atoms with Crippen molar-refractivity contribution in [1.82, 2.24) is 9.99 Å². The van der Waals surface area contributed by atoms with Crippen molar-refractivity contribution in [3.63, 3.8) is 0 Å². The van der Waals surface area contributed by atoms with Gasteiger partial charge < -0.3 is 4.57 Å². The first kappa shape index (κ1) is 16.2. The Morgan fingerprint density at radius 2 is 2.23 bits per heavy atom. The van der Waals surface area contributed by atoms with Gasteiger partial charge in [-0.25, -0.2) is 5.43 Å². The highest BCUT2D eigenvalue weighted by Gasteiger charge is 2.13. The Labute approximate surface area is 130 Å². The zero-order valence-electron chi connectivity index (χ0n) is 13.0. The fourth-order valence-corrected chi connectivity index (χ4v) is 2.51. The van der Waals surface area contributed by atoms with Crippen LogP contribution in [0.25, 0.3) is 0 Å². The number of nitrogens with one attached hydrogen (secondary N) is 1. The number of rotatable bonds is 7. The van der Waals surface area contributed by atoms with Crippen LogP contribution >= 0.6 is 0 Å². The van der Waals surface area contributed by atoms with Crippen molar-refractivity contribution < 1.29 is 4.79 Å². The molecule has 1 aliphatic carbocycles. The van der Waals surface area contributed by atoms with E-state index in [1.807, 2.05) is 0 Å². The van der Waals surface area contributed by atoms with Crippen molar-refractivity contribution in [2.75, 3.05) is 0 Å². The Morgan fingerprint density at radius 1 is 1.36 bits per heavy atom. The van der Waals surface area contributed by atoms with Crippen LogP contribution in [0.1, 0.15) is 45.4 Å². The number of aromatic nitrogens is 1. The smallest absolute Gasteiger partial charge is 0.260 e. The molecule has 1 aromatic rings. The van der Waals surface area contributed by atoms with Crippen LogP contribution in [0.4, 0.5) is 0 Å². The summed E-state index contributed by atoms with van der Waals surface area (Å²) in [6.07, 6.45) is 10.3. The lowest BCUT2D eigenvalue weighted by Crippen LogP contribution is -2.29. The number of hydrogen-bond acceptors (Lipinski definition) is 3. The van der Waals surface area contributed by atoms with Crippen LogP contribution in [0.15, 0.2) is 45.9 Å². The normalized spacial score (nSPS) is 15.9. The lowest BCUT2D eigenvalue weighted by Gasteiger charge is -2.06. The van der Waals surface area contributed by atoms with Gasteiger partial charge in [-0.3, -0.25) is 9.59 Å². The molecule has 5 heteroatoms. The van der Waals surface area contributed by atoms with Gasteiger partial charge >= 0.3 is 0 Å². The van der Waals surface area contributed by atoms with Crippen LogP contribution in [-0.4, -0.2) is 16.2 Å². The van der Waals surface area contributed by atoms with Gasteiger partial charge in [0.2, 0.25) is 0 Å². The molecule has 0 aliphatic heterocycles. The van der Waals surface area contributed by atoms with Crippen molar-refractivity contribution in [2.24, 2.45) is 5.10 Å². The predicted molar refractivity (Wildman–Crippen MR) is 87.7 cm³/mol. The van der Waals surface area contributed by atoms with Crippen LogP contribution in [0.2, 0.25) is 0 Å². The number of hydrogen-bond donors (Lipinski definition) is 1. The van der Waals surface area contributed by atoms with Gasteiger partial charge in [0.1, 0.15) is 6.54 Å². The van der Waals surface area contributed by atoms with E-state index < -0.39 is 0 Å². The molecule has 0 saturated heterocycles. The third-order valence-electron chi connectivity index (χ3n) is 3.72. The molecule has 118 valence electrons. The van der Waals surface area contributed by atoms with Crippen LogP contribution in [0, 0.1) is 0 Å². The van der Waals surface area contributed by atoms with Gasteiger partial charge in [-0.05, 0) is 37.3 Å². The second-order valence-electron chi connectivity index (χ2n) is 5.49. The minimum absolute atomic E-state index is 0.00860. The summed E-state index contributed by atoms with van der Waals surface area (Å²) in [6, 6.07) is 4.82. The molecule has 0 saturated carbocycles. The van der Waals surface area contributed by atoms with Gasteiger partial charge in [-0.15, -0.1) is 0 Å². The van der Waals surface area contributed by atoms with E-state index in [0.29, 0.717) is 0 Å². The van der Waals surface area contributed by atoms with E-state index in [1.54, 1.807) is 18.3 Å². The SMILES string of the molecule is CCCCCC1=CCC/C1=N/NC(=O)Cn1ccccc1=O. The predicted octanol–water partition coefficient (Wildman–Crippen LogP) is 2.62. The number of pyridine rings is 1. The number of carbonyl (C=O) groups excluding carboxylic acids is 1. The quantitative estimate of drug-likeness (QED) is 0.621. The summed E-state index contributed by atoms with van der Waals surface area (Å²) in [5.74, 6) is -0.277. The fraction of sp³-hybridized carbons (Fsp3) is 0.471. The van der Waals surface area contributed by atoms with Crippen LogP contribution < -0.4 is 11.0 Å². The Balaban J connectivity index is 1.88. The van der Waals surface area contributed by atoms with Crippen molar-refractivity contribution in [2.45, 2.75) is 52.0 Å². The Kier molecular flexibility index (Phi) is 6.13. The van der Waals surface area contributed by atoms with E-state index in [-0.39, 0.29) is 18.0 Å². The first-order valence-electron chi connectivity index (χ1n) is 7.91. The van der Waals surface area contributed by atoms with Crippen molar-refractivity contribution >= 4 is 11.6 Å². The minimum atomic E-state index is -0.277. The average Bonchev–Trinajstić information content (AvgIpc) is 2.95. The van der Waals surface area contributed by atoms with Gasteiger partial charge in [0.05, 0.1) is 5.71 Å². The lowest BCUT2D eigenvalue weighted by atomic mass is 10.1. The monoisotopic (exact) mass is 301 g/mol. The van der Waals surface area contributed by atoms with Crippen molar-refractivity contribution in [3.05, 3.63) is 46.4 Å². The molecule has 0 spiro atoms. The highest BCUT2D eigenvalue weighted by atomic mass is 16.2. The second-order valence-corrected chi connectivity index (χ2v) is 5.49. The van der Waals surface area contributed by atoms with E-state index in [9.17, 15) is 9.59 Å². The third-order valence-corrected chi connectivity index (χ3v) is 3.72. The molecule has 2 rings (SSSR count).